The van der Waals surface area contributed by atoms with Crippen LogP contribution in [0, 0.1) is 6.92 Å². The third kappa shape index (κ3) is 1.86. The molecule has 1 aliphatic rings. The summed E-state index contributed by atoms with van der Waals surface area (Å²) >= 11 is 3.28. The fourth-order valence-corrected chi connectivity index (χ4v) is 2.53. The van der Waals surface area contributed by atoms with Gasteiger partial charge in [-0.3, -0.25) is 14.5 Å². The molecule has 0 atom stereocenters. The Balaban J connectivity index is 2.02. The monoisotopic (exact) mass is 321 g/mol. The minimum atomic E-state index is -0.585. The summed E-state index contributed by atoms with van der Waals surface area (Å²) in [6.07, 6.45) is 0. The smallest absolute Gasteiger partial charge is 0.299 e. The minimum absolute atomic E-state index is 0.0921. The number of nitrogens with zero attached hydrogens (tertiary/aromatic N) is 3. The second-order valence-corrected chi connectivity index (χ2v) is 4.94. The van der Waals surface area contributed by atoms with Gasteiger partial charge in [-0.15, -0.1) is 0 Å². The van der Waals surface area contributed by atoms with E-state index in [0.29, 0.717) is 27.4 Å². The van der Waals surface area contributed by atoms with Crippen molar-refractivity contribution in [1.29, 1.82) is 0 Å². The second kappa shape index (κ2) is 4.27. The predicted molar refractivity (Wildman–Crippen MR) is 68.7 cm³/mol. The van der Waals surface area contributed by atoms with Crippen molar-refractivity contribution in [3.8, 4) is 0 Å². The minimum Gasteiger partial charge on any atom is -0.337 e. The first kappa shape index (κ1) is 12.0. The zero-order valence-electron chi connectivity index (χ0n) is 9.88. The van der Waals surface area contributed by atoms with Gasteiger partial charge in [0.05, 0.1) is 11.3 Å². The van der Waals surface area contributed by atoms with Crippen LogP contribution in [0.5, 0.6) is 0 Å². The largest absolute Gasteiger partial charge is 0.337 e. The van der Waals surface area contributed by atoms with Gasteiger partial charge >= 0.3 is 0 Å². The number of benzene rings is 1. The molecule has 0 unspecified atom stereocenters. The van der Waals surface area contributed by atoms with E-state index < -0.39 is 11.7 Å². The number of anilines is 1. The quantitative estimate of drug-likeness (QED) is 0.789. The van der Waals surface area contributed by atoms with Crippen molar-refractivity contribution in [1.82, 2.24) is 10.1 Å². The maximum atomic E-state index is 12.0. The molecular weight excluding hydrogens is 314 g/mol. The molecule has 0 aliphatic carbocycles. The molecule has 0 N–H and O–H groups in total. The molecule has 0 bridgehead atoms. The van der Waals surface area contributed by atoms with E-state index in [0.717, 1.165) is 0 Å². The van der Waals surface area contributed by atoms with Crippen LogP contribution in [-0.2, 0) is 11.3 Å². The molecule has 1 aromatic heterocycles. The Morgan fingerprint density at radius 3 is 2.84 bits per heavy atom. The lowest BCUT2D eigenvalue weighted by Crippen LogP contribution is -2.29. The topological polar surface area (TPSA) is 76.3 Å². The highest BCUT2D eigenvalue weighted by Crippen LogP contribution is 2.34. The van der Waals surface area contributed by atoms with Crippen LogP contribution in [0.15, 0.2) is 27.2 Å². The first-order valence-electron chi connectivity index (χ1n) is 5.52. The summed E-state index contributed by atoms with van der Waals surface area (Å²) in [7, 11) is 0. The number of aryl methyl sites for hydroxylation is 1. The molecule has 96 valence electrons. The number of fused-ring (bicyclic) bond motifs is 1. The van der Waals surface area contributed by atoms with Gasteiger partial charge in [-0.25, -0.2) is 0 Å². The first-order chi connectivity index (χ1) is 9.08. The number of Topliss-reactive ketones (excluding diaryl/α,β-unsaturated/α-hetero) is 1. The third-order valence-electron chi connectivity index (χ3n) is 2.81. The van der Waals surface area contributed by atoms with Crippen molar-refractivity contribution in [2.24, 2.45) is 0 Å². The molecule has 19 heavy (non-hydrogen) atoms. The molecule has 1 amide bonds. The number of aromatic nitrogens is 2. The predicted octanol–water partition coefficient (Wildman–Crippen LogP) is 1.87. The number of hydrogen-bond acceptors (Lipinski definition) is 5. The van der Waals surface area contributed by atoms with E-state index in [1.165, 1.54) is 4.90 Å². The summed E-state index contributed by atoms with van der Waals surface area (Å²) in [5.74, 6) is -0.328. The van der Waals surface area contributed by atoms with E-state index in [2.05, 4.69) is 26.1 Å². The van der Waals surface area contributed by atoms with Crippen LogP contribution >= 0.6 is 15.9 Å². The molecule has 0 saturated heterocycles. The van der Waals surface area contributed by atoms with E-state index >= 15 is 0 Å². The SMILES string of the molecule is Cc1noc(CN2C(=O)C(=O)c3c(Br)cccc32)n1. The van der Waals surface area contributed by atoms with Gasteiger partial charge in [0.25, 0.3) is 11.7 Å². The van der Waals surface area contributed by atoms with E-state index in [-0.39, 0.29) is 6.54 Å². The zero-order chi connectivity index (χ0) is 13.6. The van der Waals surface area contributed by atoms with Crippen LogP contribution in [-0.4, -0.2) is 21.8 Å². The number of rotatable bonds is 2. The Labute approximate surface area is 116 Å². The summed E-state index contributed by atoms with van der Waals surface area (Å²) < 4.78 is 5.58. The number of halogens is 1. The summed E-state index contributed by atoms with van der Waals surface area (Å²) in [5, 5.41) is 3.66. The van der Waals surface area contributed by atoms with Crippen molar-refractivity contribution in [2.75, 3.05) is 4.90 Å². The van der Waals surface area contributed by atoms with Crippen LogP contribution in [0.25, 0.3) is 0 Å². The van der Waals surface area contributed by atoms with Gasteiger partial charge in [-0.05, 0) is 35.0 Å². The van der Waals surface area contributed by atoms with Crippen LogP contribution in [0.2, 0.25) is 0 Å². The van der Waals surface area contributed by atoms with Crippen LogP contribution in [0.3, 0.4) is 0 Å². The van der Waals surface area contributed by atoms with Crippen LogP contribution in [0.4, 0.5) is 5.69 Å². The maximum Gasteiger partial charge on any atom is 0.299 e. The third-order valence-corrected chi connectivity index (χ3v) is 3.47. The molecule has 3 rings (SSSR count). The van der Waals surface area contributed by atoms with E-state index in [1.54, 1.807) is 25.1 Å². The van der Waals surface area contributed by atoms with Gasteiger partial charge in [-0.2, -0.15) is 4.98 Å². The number of carbonyl (C=O) groups excluding carboxylic acids is 2. The van der Waals surface area contributed by atoms with Crippen molar-refractivity contribution in [2.45, 2.75) is 13.5 Å². The molecule has 2 heterocycles. The lowest BCUT2D eigenvalue weighted by molar-refractivity contribution is -0.114. The molecule has 0 fully saturated rings. The summed E-state index contributed by atoms with van der Waals surface area (Å²) in [6.45, 7) is 1.78. The molecule has 0 radical (unpaired) electrons. The molecule has 0 spiro atoms. The average Bonchev–Trinajstić information content (AvgIpc) is 2.88. The number of amides is 1. The fraction of sp³-hybridized carbons (Fsp3) is 0.167. The van der Waals surface area contributed by atoms with Gasteiger partial charge in [0, 0.05) is 4.47 Å². The Hall–Kier alpha value is -2.02. The molecular formula is C12H8BrN3O3. The standard InChI is InChI=1S/C12H8BrN3O3/c1-6-14-9(19-15-6)5-16-8-4-2-3-7(13)10(8)11(17)12(16)18/h2-4H,5H2,1H3. The van der Waals surface area contributed by atoms with Gasteiger partial charge in [0.15, 0.2) is 5.82 Å². The highest BCUT2D eigenvalue weighted by molar-refractivity contribution is 9.10. The summed E-state index contributed by atoms with van der Waals surface area (Å²) in [5.41, 5.74) is 0.934. The normalized spacial score (nSPS) is 14.1. The Bertz CT molecular complexity index is 695. The lowest BCUT2D eigenvalue weighted by atomic mass is 10.1. The summed E-state index contributed by atoms with van der Waals surface area (Å²) in [4.78, 5) is 29.3. The van der Waals surface area contributed by atoms with E-state index in [9.17, 15) is 9.59 Å². The van der Waals surface area contributed by atoms with Gasteiger partial charge < -0.3 is 4.52 Å². The Kier molecular flexibility index (Phi) is 2.70. The van der Waals surface area contributed by atoms with Crippen LogP contribution < -0.4 is 4.90 Å². The highest BCUT2D eigenvalue weighted by Gasteiger charge is 2.38. The van der Waals surface area contributed by atoms with E-state index in [4.69, 9.17) is 4.52 Å². The Morgan fingerprint density at radius 1 is 1.37 bits per heavy atom. The molecule has 2 aromatic rings. The maximum absolute atomic E-state index is 12.0. The molecule has 1 aliphatic heterocycles. The Morgan fingerprint density at radius 2 is 2.16 bits per heavy atom. The molecule has 1 aromatic carbocycles. The number of ketones is 1. The van der Waals surface area contributed by atoms with Gasteiger partial charge in [0.2, 0.25) is 5.89 Å². The molecule has 0 saturated carbocycles. The molecule has 6 nitrogen and oxygen atoms in total. The highest BCUT2D eigenvalue weighted by atomic mass is 79.9. The number of carbonyl (C=O) groups is 2. The van der Waals surface area contributed by atoms with Crippen molar-refractivity contribution in [3.05, 3.63) is 40.0 Å². The van der Waals surface area contributed by atoms with Gasteiger partial charge in [0.1, 0.15) is 6.54 Å². The molecule has 7 heteroatoms. The fourth-order valence-electron chi connectivity index (χ4n) is 2.00. The lowest BCUT2D eigenvalue weighted by Gasteiger charge is -2.13. The number of hydrogen-bond donors (Lipinski definition) is 0. The van der Waals surface area contributed by atoms with Crippen molar-refractivity contribution < 1.29 is 14.1 Å². The van der Waals surface area contributed by atoms with Crippen LogP contribution in [0.1, 0.15) is 22.1 Å². The van der Waals surface area contributed by atoms with Crippen molar-refractivity contribution >= 4 is 33.3 Å². The van der Waals surface area contributed by atoms with Gasteiger partial charge in [-0.1, -0.05) is 11.2 Å². The van der Waals surface area contributed by atoms with Crippen molar-refractivity contribution in [3.63, 3.8) is 0 Å². The summed E-state index contributed by atoms with van der Waals surface area (Å²) in [6, 6.07) is 5.21. The first-order valence-corrected chi connectivity index (χ1v) is 6.31. The average molecular weight is 322 g/mol. The zero-order valence-corrected chi connectivity index (χ0v) is 11.5. The second-order valence-electron chi connectivity index (χ2n) is 4.09. The van der Waals surface area contributed by atoms with E-state index in [1.807, 2.05) is 0 Å².